The Morgan fingerprint density at radius 3 is 2.36 bits per heavy atom. The van der Waals surface area contributed by atoms with Gasteiger partial charge in [0.05, 0.1) is 4.88 Å². The third-order valence-electron chi connectivity index (χ3n) is 4.33. The van der Waals surface area contributed by atoms with Crippen molar-refractivity contribution in [2.45, 2.75) is 32.5 Å². The van der Waals surface area contributed by atoms with Crippen molar-refractivity contribution >= 4 is 17.2 Å². The molecule has 0 radical (unpaired) electrons. The predicted molar refractivity (Wildman–Crippen MR) is 91.1 cm³/mol. The molecule has 2 heterocycles. The molecule has 2 atom stereocenters. The molecule has 22 heavy (non-hydrogen) atoms. The third kappa shape index (κ3) is 3.23. The Kier molecular flexibility index (Phi) is 4.60. The van der Waals surface area contributed by atoms with E-state index in [-0.39, 0.29) is 5.91 Å². The number of piperazine rings is 1. The Labute approximate surface area is 136 Å². The molecule has 4 heteroatoms. The standard InChI is InChI=1S/C18H22N2OS/c1-14-11-19(18(21)17-9-6-10-22-17)12-15(2)20(14)13-16-7-4-3-5-8-16/h3-10,14-15H,11-13H2,1-2H3. The number of nitrogens with zero attached hydrogens (tertiary/aromatic N) is 2. The van der Waals surface area contributed by atoms with Crippen LogP contribution in [0.15, 0.2) is 47.8 Å². The van der Waals surface area contributed by atoms with Gasteiger partial charge in [-0.25, -0.2) is 0 Å². The third-order valence-corrected chi connectivity index (χ3v) is 5.19. The molecule has 1 saturated heterocycles. The minimum absolute atomic E-state index is 0.174. The number of carbonyl (C=O) groups excluding carboxylic acids is 1. The second-order valence-electron chi connectivity index (χ2n) is 6.04. The second kappa shape index (κ2) is 6.63. The Bertz CT molecular complexity index is 599. The van der Waals surface area contributed by atoms with Gasteiger partial charge in [-0.05, 0) is 30.9 Å². The van der Waals surface area contributed by atoms with Crippen molar-refractivity contribution in [2.75, 3.05) is 13.1 Å². The molecular weight excluding hydrogens is 292 g/mol. The maximum Gasteiger partial charge on any atom is 0.264 e. The van der Waals surface area contributed by atoms with Gasteiger partial charge in [0.25, 0.3) is 5.91 Å². The molecule has 2 unspecified atom stereocenters. The topological polar surface area (TPSA) is 23.6 Å². The van der Waals surface area contributed by atoms with Crippen LogP contribution in [0.25, 0.3) is 0 Å². The Hall–Kier alpha value is -1.65. The molecule has 1 aromatic carbocycles. The van der Waals surface area contributed by atoms with Gasteiger partial charge < -0.3 is 4.90 Å². The van der Waals surface area contributed by atoms with Crippen molar-refractivity contribution in [3.63, 3.8) is 0 Å². The van der Waals surface area contributed by atoms with Gasteiger partial charge in [0.15, 0.2) is 0 Å². The molecule has 3 nitrogen and oxygen atoms in total. The van der Waals surface area contributed by atoms with Crippen molar-refractivity contribution in [3.05, 3.63) is 58.3 Å². The lowest BCUT2D eigenvalue weighted by Gasteiger charge is -2.44. The molecule has 1 amide bonds. The summed E-state index contributed by atoms with van der Waals surface area (Å²) in [6, 6.07) is 15.2. The number of hydrogen-bond donors (Lipinski definition) is 0. The summed E-state index contributed by atoms with van der Waals surface area (Å²) in [6.07, 6.45) is 0. The van der Waals surface area contributed by atoms with Crippen LogP contribution < -0.4 is 0 Å². The van der Waals surface area contributed by atoms with E-state index in [1.54, 1.807) is 0 Å². The maximum absolute atomic E-state index is 12.5. The SMILES string of the molecule is CC1CN(C(=O)c2cccs2)CC(C)N1Cc1ccccc1. The fraction of sp³-hybridized carbons (Fsp3) is 0.389. The van der Waals surface area contributed by atoms with E-state index in [0.29, 0.717) is 12.1 Å². The van der Waals surface area contributed by atoms with E-state index in [1.807, 2.05) is 28.5 Å². The van der Waals surface area contributed by atoms with Crippen LogP contribution in [0.5, 0.6) is 0 Å². The van der Waals surface area contributed by atoms with Crippen molar-refractivity contribution in [3.8, 4) is 0 Å². The number of benzene rings is 1. The van der Waals surface area contributed by atoms with Gasteiger partial charge in [0.1, 0.15) is 0 Å². The summed E-state index contributed by atoms with van der Waals surface area (Å²) >= 11 is 1.53. The summed E-state index contributed by atoms with van der Waals surface area (Å²) in [7, 11) is 0. The zero-order valence-electron chi connectivity index (χ0n) is 13.1. The molecule has 1 aromatic heterocycles. The minimum Gasteiger partial charge on any atom is -0.335 e. The van der Waals surface area contributed by atoms with Gasteiger partial charge in [0.2, 0.25) is 0 Å². The van der Waals surface area contributed by atoms with Crippen LogP contribution in [-0.4, -0.2) is 40.9 Å². The van der Waals surface area contributed by atoms with Crippen molar-refractivity contribution in [1.82, 2.24) is 9.80 Å². The van der Waals surface area contributed by atoms with Gasteiger partial charge in [-0.3, -0.25) is 9.69 Å². The molecular formula is C18H22N2OS. The van der Waals surface area contributed by atoms with Crippen LogP contribution in [0.4, 0.5) is 0 Å². The lowest BCUT2D eigenvalue weighted by molar-refractivity contribution is 0.0273. The van der Waals surface area contributed by atoms with E-state index in [9.17, 15) is 4.79 Å². The monoisotopic (exact) mass is 314 g/mol. The number of carbonyl (C=O) groups is 1. The van der Waals surface area contributed by atoms with Crippen LogP contribution >= 0.6 is 11.3 Å². The molecule has 2 aromatic rings. The summed E-state index contributed by atoms with van der Waals surface area (Å²) in [6.45, 7) is 6.98. The van der Waals surface area contributed by atoms with E-state index in [1.165, 1.54) is 16.9 Å². The average Bonchev–Trinajstić information content (AvgIpc) is 3.05. The second-order valence-corrected chi connectivity index (χ2v) is 6.99. The highest BCUT2D eigenvalue weighted by Gasteiger charge is 2.32. The Balaban J connectivity index is 1.68. The molecule has 116 valence electrons. The van der Waals surface area contributed by atoms with Crippen LogP contribution in [-0.2, 0) is 6.54 Å². The van der Waals surface area contributed by atoms with Gasteiger partial charge in [-0.1, -0.05) is 36.4 Å². The van der Waals surface area contributed by atoms with Crippen molar-refractivity contribution < 1.29 is 4.79 Å². The lowest BCUT2D eigenvalue weighted by atomic mass is 10.1. The zero-order valence-corrected chi connectivity index (χ0v) is 13.9. The van der Waals surface area contributed by atoms with E-state index < -0.39 is 0 Å². The largest absolute Gasteiger partial charge is 0.335 e. The van der Waals surface area contributed by atoms with Crippen LogP contribution in [0, 0.1) is 0 Å². The predicted octanol–water partition coefficient (Wildman–Crippen LogP) is 3.48. The van der Waals surface area contributed by atoms with E-state index in [0.717, 1.165) is 24.5 Å². The Morgan fingerprint density at radius 2 is 1.77 bits per heavy atom. The molecule has 1 aliphatic rings. The van der Waals surface area contributed by atoms with Gasteiger partial charge >= 0.3 is 0 Å². The molecule has 0 bridgehead atoms. The first-order valence-corrected chi connectivity index (χ1v) is 8.65. The first-order chi connectivity index (χ1) is 10.6. The lowest BCUT2D eigenvalue weighted by Crippen LogP contribution is -2.57. The number of rotatable bonds is 3. The summed E-state index contributed by atoms with van der Waals surface area (Å²) in [5, 5.41) is 1.96. The minimum atomic E-state index is 0.174. The summed E-state index contributed by atoms with van der Waals surface area (Å²) < 4.78 is 0. The molecule has 1 fully saturated rings. The highest BCUT2D eigenvalue weighted by atomic mass is 32.1. The summed E-state index contributed by atoms with van der Waals surface area (Å²) in [5.41, 5.74) is 1.33. The van der Waals surface area contributed by atoms with Crippen LogP contribution in [0.2, 0.25) is 0 Å². The van der Waals surface area contributed by atoms with E-state index in [2.05, 4.69) is 43.0 Å². The maximum atomic E-state index is 12.5. The van der Waals surface area contributed by atoms with E-state index in [4.69, 9.17) is 0 Å². The first kappa shape index (κ1) is 15.3. The molecule has 0 N–H and O–H groups in total. The molecule has 0 spiro atoms. The van der Waals surface area contributed by atoms with Gasteiger partial charge in [-0.15, -0.1) is 11.3 Å². The van der Waals surface area contributed by atoms with Crippen molar-refractivity contribution in [2.24, 2.45) is 0 Å². The van der Waals surface area contributed by atoms with Crippen LogP contribution in [0.1, 0.15) is 29.1 Å². The first-order valence-electron chi connectivity index (χ1n) is 7.77. The van der Waals surface area contributed by atoms with Gasteiger partial charge in [0, 0.05) is 31.7 Å². The molecule has 0 aliphatic carbocycles. The molecule has 1 aliphatic heterocycles. The molecule has 0 saturated carbocycles. The van der Waals surface area contributed by atoms with Crippen LogP contribution in [0.3, 0.4) is 0 Å². The fourth-order valence-electron chi connectivity index (χ4n) is 3.18. The Morgan fingerprint density at radius 1 is 1.09 bits per heavy atom. The number of hydrogen-bond acceptors (Lipinski definition) is 3. The number of amides is 1. The normalized spacial score (nSPS) is 22.7. The number of thiophene rings is 1. The van der Waals surface area contributed by atoms with E-state index >= 15 is 0 Å². The zero-order chi connectivity index (χ0) is 15.5. The highest BCUT2D eigenvalue weighted by Crippen LogP contribution is 2.21. The summed E-state index contributed by atoms with van der Waals surface area (Å²) in [4.78, 5) is 17.9. The van der Waals surface area contributed by atoms with Crippen molar-refractivity contribution in [1.29, 1.82) is 0 Å². The summed E-state index contributed by atoms with van der Waals surface area (Å²) in [5.74, 6) is 0.174. The molecule has 3 rings (SSSR count). The average molecular weight is 314 g/mol. The smallest absolute Gasteiger partial charge is 0.264 e. The highest BCUT2D eigenvalue weighted by molar-refractivity contribution is 7.12. The fourth-order valence-corrected chi connectivity index (χ4v) is 3.88. The van der Waals surface area contributed by atoms with Gasteiger partial charge in [-0.2, -0.15) is 0 Å². The quantitative estimate of drug-likeness (QED) is 0.866.